The van der Waals surface area contributed by atoms with Crippen molar-refractivity contribution in [3.05, 3.63) is 40.4 Å². The normalized spacial score (nSPS) is 19.7. The highest BCUT2D eigenvalue weighted by atomic mass is 32.1. The number of aromatic carboxylic acids is 1. The Morgan fingerprint density at radius 2 is 2.12 bits per heavy atom. The number of anilines is 1. The van der Waals surface area contributed by atoms with Crippen LogP contribution in [0.1, 0.15) is 32.1 Å². The minimum atomic E-state index is -0.998. The number of aryl methyl sites for hydroxylation is 1. The van der Waals surface area contributed by atoms with Gasteiger partial charge in [0.25, 0.3) is 5.91 Å². The summed E-state index contributed by atoms with van der Waals surface area (Å²) in [6.45, 7) is 2.59. The number of ether oxygens (including phenoxy) is 2. The summed E-state index contributed by atoms with van der Waals surface area (Å²) in [7, 11) is 0. The largest absolute Gasteiger partial charge is 0.486 e. The van der Waals surface area contributed by atoms with Crippen LogP contribution >= 0.6 is 11.3 Å². The van der Waals surface area contributed by atoms with E-state index < -0.39 is 5.97 Å². The molecule has 8 nitrogen and oxygen atoms in total. The van der Waals surface area contributed by atoms with Gasteiger partial charge in [-0.1, -0.05) is 11.3 Å². The maximum Gasteiger partial charge on any atom is 0.335 e. The van der Waals surface area contributed by atoms with Gasteiger partial charge >= 0.3 is 5.97 Å². The molecule has 3 rings (SSSR count). The highest BCUT2D eigenvalue weighted by Crippen LogP contribution is 2.22. The second-order valence-corrected chi connectivity index (χ2v) is 6.93. The molecule has 0 bridgehead atoms. The zero-order valence-electron chi connectivity index (χ0n) is 14.1. The SMILES string of the molecule is Cc1nc(N)sc1C(=O)N[C@@H]1CCOC[C@H]1Oc1ccc(C(=O)O)cc1. The van der Waals surface area contributed by atoms with E-state index >= 15 is 0 Å². The minimum absolute atomic E-state index is 0.181. The molecule has 1 aromatic heterocycles. The summed E-state index contributed by atoms with van der Waals surface area (Å²) in [5, 5.41) is 12.3. The van der Waals surface area contributed by atoms with Gasteiger partial charge in [0.15, 0.2) is 5.13 Å². The maximum atomic E-state index is 12.5. The number of carbonyl (C=O) groups is 2. The quantitative estimate of drug-likeness (QED) is 0.724. The Hall–Kier alpha value is -2.65. The topological polar surface area (TPSA) is 124 Å². The van der Waals surface area contributed by atoms with Crippen LogP contribution in [0.15, 0.2) is 24.3 Å². The lowest BCUT2D eigenvalue weighted by atomic mass is 10.1. The summed E-state index contributed by atoms with van der Waals surface area (Å²) in [4.78, 5) is 28.0. The molecule has 0 aliphatic carbocycles. The van der Waals surface area contributed by atoms with Crippen molar-refractivity contribution in [2.75, 3.05) is 18.9 Å². The van der Waals surface area contributed by atoms with Crippen molar-refractivity contribution < 1.29 is 24.2 Å². The maximum absolute atomic E-state index is 12.5. The number of thiazole rings is 1. The van der Waals surface area contributed by atoms with E-state index in [1.165, 1.54) is 12.1 Å². The van der Waals surface area contributed by atoms with E-state index in [2.05, 4.69) is 10.3 Å². The molecule has 1 aromatic carbocycles. The first kappa shape index (κ1) is 18.2. The first-order valence-corrected chi connectivity index (χ1v) is 8.87. The van der Waals surface area contributed by atoms with Crippen LogP contribution in [0.3, 0.4) is 0 Å². The van der Waals surface area contributed by atoms with Gasteiger partial charge in [0.05, 0.1) is 23.9 Å². The second-order valence-electron chi connectivity index (χ2n) is 5.90. The molecule has 0 radical (unpaired) electrons. The molecule has 138 valence electrons. The molecule has 1 amide bonds. The number of nitrogens with one attached hydrogen (secondary N) is 1. The molecule has 0 spiro atoms. The number of amides is 1. The third kappa shape index (κ3) is 4.12. The lowest BCUT2D eigenvalue weighted by Gasteiger charge is -2.32. The van der Waals surface area contributed by atoms with Crippen molar-refractivity contribution in [1.82, 2.24) is 10.3 Å². The molecular weight excluding hydrogens is 358 g/mol. The summed E-state index contributed by atoms with van der Waals surface area (Å²) in [5.41, 5.74) is 6.43. The highest BCUT2D eigenvalue weighted by molar-refractivity contribution is 7.17. The zero-order valence-corrected chi connectivity index (χ0v) is 14.9. The van der Waals surface area contributed by atoms with Crippen molar-refractivity contribution in [3.63, 3.8) is 0 Å². The van der Waals surface area contributed by atoms with E-state index in [0.717, 1.165) is 11.3 Å². The molecule has 1 aliphatic heterocycles. The van der Waals surface area contributed by atoms with E-state index in [1.54, 1.807) is 19.1 Å². The van der Waals surface area contributed by atoms with Gasteiger partial charge in [-0.25, -0.2) is 9.78 Å². The molecule has 1 saturated heterocycles. The summed E-state index contributed by atoms with van der Waals surface area (Å²) in [6.07, 6.45) is 0.227. The number of nitrogen functional groups attached to an aromatic ring is 1. The fourth-order valence-electron chi connectivity index (χ4n) is 2.71. The lowest BCUT2D eigenvalue weighted by Crippen LogP contribution is -2.51. The number of aromatic nitrogens is 1. The first-order valence-electron chi connectivity index (χ1n) is 8.05. The van der Waals surface area contributed by atoms with E-state index in [4.69, 9.17) is 20.3 Å². The Balaban J connectivity index is 1.68. The van der Waals surface area contributed by atoms with Crippen LogP contribution in [0.5, 0.6) is 5.75 Å². The highest BCUT2D eigenvalue weighted by Gasteiger charge is 2.30. The summed E-state index contributed by atoms with van der Waals surface area (Å²) in [5.74, 6) is -0.719. The van der Waals surface area contributed by atoms with E-state index in [9.17, 15) is 9.59 Å². The van der Waals surface area contributed by atoms with Crippen molar-refractivity contribution in [2.24, 2.45) is 0 Å². The third-order valence-electron chi connectivity index (χ3n) is 4.03. The second kappa shape index (κ2) is 7.71. The molecule has 9 heteroatoms. The molecular formula is C17H19N3O5S. The Morgan fingerprint density at radius 1 is 1.38 bits per heavy atom. The van der Waals surface area contributed by atoms with Gasteiger partial charge in [0.2, 0.25) is 0 Å². The Bertz CT molecular complexity index is 805. The number of benzene rings is 1. The number of carboxylic acids is 1. The average Bonchev–Trinajstić information content (AvgIpc) is 2.95. The standard InChI is InChI=1S/C17H19N3O5S/c1-9-14(26-17(18)19-9)15(21)20-12-6-7-24-8-13(12)25-11-4-2-10(3-5-11)16(22)23/h2-5,12-13H,6-8H2,1H3,(H2,18,19)(H,20,21)(H,22,23)/t12-,13-/m1/s1. The number of carboxylic acid groups (broad SMARTS) is 1. The number of nitrogens with zero attached hydrogens (tertiary/aromatic N) is 1. The Labute approximate surface area is 153 Å². The van der Waals surface area contributed by atoms with Crippen molar-refractivity contribution in [3.8, 4) is 5.75 Å². The van der Waals surface area contributed by atoms with Crippen molar-refractivity contribution in [1.29, 1.82) is 0 Å². The molecule has 4 N–H and O–H groups in total. The zero-order chi connectivity index (χ0) is 18.7. The summed E-state index contributed by atoms with van der Waals surface area (Å²) < 4.78 is 11.4. The van der Waals surface area contributed by atoms with Gasteiger partial charge in [-0.15, -0.1) is 0 Å². The molecule has 1 aliphatic rings. The van der Waals surface area contributed by atoms with Crippen LogP contribution in [0.25, 0.3) is 0 Å². The van der Waals surface area contributed by atoms with Crippen LogP contribution in [0.2, 0.25) is 0 Å². The minimum Gasteiger partial charge on any atom is -0.486 e. The number of hydrogen-bond donors (Lipinski definition) is 3. The molecule has 0 saturated carbocycles. The fraction of sp³-hybridized carbons (Fsp3) is 0.353. The molecule has 2 heterocycles. The summed E-state index contributed by atoms with van der Waals surface area (Å²) in [6, 6.07) is 5.88. The Kier molecular flexibility index (Phi) is 5.38. The van der Waals surface area contributed by atoms with E-state index in [0.29, 0.717) is 41.1 Å². The van der Waals surface area contributed by atoms with Gasteiger partial charge in [0.1, 0.15) is 16.7 Å². The first-order chi connectivity index (χ1) is 12.4. The van der Waals surface area contributed by atoms with Crippen LogP contribution in [-0.4, -0.2) is 47.3 Å². The van der Waals surface area contributed by atoms with E-state index in [1.807, 2.05) is 0 Å². The molecule has 0 unspecified atom stereocenters. The van der Waals surface area contributed by atoms with E-state index in [-0.39, 0.29) is 23.6 Å². The van der Waals surface area contributed by atoms with Gasteiger partial charge < -0.3 is 25.6 Å². The average molecular weight is 377 g/mol. The number of nitrogens with two attached hydrogens (primary N) is 1. The van der Waals surface area contributed by atoms with Crippen LogP contribution in [-0.2, 0) is 4.74 Å². The van der Waals surface area contributed by atoms with Crippen molar-refractivity contribution >= 4 is 28.3 Å². The lowest BCUT2D eigenvalue weighted by molar-refractivity contribution is -0.0134. The van der Waals surface area contributed by atoms with Gasteiger partial charge in [-0.05, 0) is 37.6 Å². The van der Waals surface area contributed by atoms with Crippen LogP contribution in [0.4, 0.5) is 5.13 Å². The molecule has 26 heavy (non-hydrogen) atoms. The van der Waals surface area contributed by atoms with Crippen LogP contribution < -0.4 is 15.8 Å². The Morgan fingerprint density at radius 3 is 2.73 bits per heavy atom. The number of carbonyl (C=O) groups excluding carboxylic acids is 1. The van der Waals surface area contributed by atoms with Crippen molar-refractivity contribution in [2.45, 2.75) is 25.5 Å². The third-order valence-corrected chi connectivity index (χ3v) is 5.01. The molecule has 2 atom stereocenters. The smallest absolute Gasteiger partial charge is 0.335 e. The molecule has 1 fully saturated rings. The number of hydrogen-bond acceptors (Lipinski definition) is 7. The number of rotatable bonds is 5. The predicted molar refractivity (Wildman–Crippen MR) is 95.8 cm³/mol. The predicted octanol–water partition coefficient (Wildman–Crippen LogP) is 1.70. The summed E-state index contributed by atoms with van der Waals surface area (Å²) >= 11 is 1.15. The molecule has 2 aromatic rings. The fourth-order valence-corrected chi connectivity index (χ4v) is 3.44. The van der Waals surface area contributed by atoms with Gasteiger partial charge in [0, 0.05) is 6.61 Å². The van der Waals surface area contributed by atoms with Gasteiger partial charge in [-0.2, -0.15) is 0 Å². The van der Waals surface area contributed by atoms with Crippen LogP contribution in [0, 0.1) is 6.92 Å². The van der Waals surface area contributed by atoms with Gasteiger partial charge in [-0.3, -0.25) is 4.79 Å². The monoisotopic (exact) mass is 377 g/mol.